The van der Waals surface area contributed by atoms with Crippen molar-refractivity contribution >= 4 is 5.91 Å². The zero-order chi connectivity index (χ0) is 19.4. The molecule has 3 rings (SSSR count). The Balaban J connectivity index is 1.70. The van der Waals surface area contributed by atoms with Crippen LogP contribution in [0.1, 0.15) is 23.1 Å². The van der Waals surface area contributed by atoms with Gasteiger partial charge in [-0.05, 0) is 49.7 Å². The fraction of sp³-hybridized carbons (Fsp3) is 0.409. The van der Waals surface area contributed by atoms with E-state index in [9.17, 15) is 9.18 Å². The van der Waals surface area contributed by atoms with E-state index in [4.69, 9.17) is 5.73 Å². The summed E-state index contributed by atoms with van der Waals surface area (Å²) < 4.78 is 13.9. The number of carbonyl (C=O) groups excluding carboxylic acids is 1. The molecule has 0 aliphatic carbocycles. The minimum absolute atomic E-state index is 0.0418. The summed E-state index contributed by atoms with van der Waals surface area (Å²) in [4.78, 5) is 17.1. The first-order chi connectivity index (χ1) is 12.9. The van der Waals surface area contributed by atoms with Crippen molar-refractivity contribution in [2.75, 3.05) is 20.6 Å². The monoisotopic (exact) mass is 369 g/mol. The highest BCUT2D eigenvalue weighted by molar-refractivity contribution is 5.77. The van der Waals surface area contributed by atoms with Gasteiger partial charge in [0.05, 0.1) is 0 Å². The second-order valence-electron chi connectivity index (χ2n) is 7.67. The SMILES string of the molecule is CN(C)CC1Cc2ccccc2CN1C(=O)CC(N)Cc1ccccc1F. The summed E-state index contributed by atoms with van der Waals surface area (Å²) in [6, 6.07) is 14.6. The molecule has 4 nitrogen and oxygen atoms in total. The quantitative estimate of drug-likeness (QED) is 0.852. The van der Waals surface area contributed by atoms with Gasteiger partial charge in [0.2, 0.25) is 5.91 Å². The van der Waals surface area contributed by atoms with Crippen LogP contribution in [-0.2, 0) is 24.2 Å². The number of nitrogens with two attached hydrogens (primary N) is 1. The number of amides is 1. The number of benzene rings is 2. The van der Waals surface area contributed by atoms with E-state index >= 15 is 0 Å². The van der Waals surface area contributed by atoms with Crippen molar-refractivity contribution in [3.63, 3.8) is 0 Å². The zero-order valence-electron chi connectivity index (χ0n) is 16.1. The fourth-order valence-electron chi connectivity index (χ4n) is 3.82. The molecular weight excluding hydrogens is 341 g/mol. The van der Waals surface area contributed by atoms with Crippen molar-refractivity contribution in [1.29, 1.82) is 0 Å². The molecule has 1 amide bonds. The first kappa shape index (κ1) is 19.5. The number of hydrogen-bond donors (Lipinski definition) is 1. The van der Waals surface area contributed by atoms with E-state index in [1.165, 1.54) is 17.2 Å². The normalized spacial score (nSPS) is 17.7. The molecule has 2 N–H and O–H groups in total. The summed E-state index contributed by atoms with van der Waals surface area (Å²) in [6.45, 7) is 1.42. The second-order valence-corrected chi connectivity index (χ2v) is 7.67. The highest BCUT2D eigenvalue weighted by Crippen LogP contribution is 2.25. The number of fused-ring (bicyclic) bond motifs is 1. The first-order valence-corrected chi connectivity index (χ1v) is 9.44. The lowest BCUT2D eigenvalue weighted by atomic mass is 9.92. The lowest BCUT2D eigenvalue weighted by Crippen LogP contribution is -2.50. The van der Waals surface area contributed by atoms with Gasteiger partial charge >= 0.3 is 0 Å². The Bertz CT molecular complexity index is 793. The van der Waals surface area contributed by atoms with Crippen molar-refractivity contribution in [3.05, 3.63) is 71.0 Å². The Morgan fingerprint density at radius 2 is 1.85 bits per heavy atom. The molecule has 27 heavy (non-hydrogen) atoms. The van der Waals surface area contributed by atoms with Crippen molar-refractivity contribution < 1.29 is 9.18 Å². The van der Waals surface area contributed by atoms with E-state index in [0.717, 1.165) is 13.0 Å². The van der Waals surface area contributed by atoms with Gasteiger partial charge in [-0.15, -0.1) is 0 Å². The van der Waals surface area contributed by atoms with Crippen LogP contribution in [0.25, 0.3) is 0 Å². The van der Waals surface area contributed by atoms with Gasteiger partial charge in [-0.3, -0.25) is 4.79 Å². The van der Waals surface area contributed by atoms with E-state index in [2.05, 4.69) is 17.0 Å². The molecule has 0 fully saturated rings. The second kappa shape index (κ2) is 8.63. The molecule has 2 atom stereocenters. The number of rotatable bonds is 6. The van der Waals surface area contributed by atoms with Crippen molar-refractivity contribution in [2.24, 2.45) is 5.73 Å². The van der Waals surface area contributed by atoms with Crippen LogP contribution in [0.2, 0.25) is 0 Å². The van der Waals surface area contributed by atoms with Crippen LogP contribution in [0, 0.1) is 5.82 Å². The summed E-state index contributed by atoms with van der Waals surface area (Å²) in [5, 5.41) is 0. The van der Waals surface area contributed by atoms with Crippen molar-refractivity contribution in [1.82, 2.24) is 9.80 Å². The molecular formula is C22H28FN3O. The molecule has 1 heterocycles. The Labute approximate surface area is 160 Å². The van der Waals surface area contributed by atoms with Gasteiger partial charge in [0.15, 0.2) is 0 Å². The summed E-state index contributed by atoms with van der Waals surface area (Å²) >= 11 is 0. The third-order valence-corrected chi connectivity index (χ3v) is 5.13. The predicted molar refractivity (Wildman–Crippen MR) is 106 cm³/mol. The van der Waals surface area contributed by atoms with Gasteiger partial charge in [0.25, 0.3) is 0 Å². The molecule has 0 radical (unpaired) electrons. The number of carbonyl (C=O) groups is 1. The molecule has 2 unspecified atom stereocenters. The summed E-state index contributed by atoms with van der Waals surface area (Å²) in [5.41, 5.74) is 9.27. The highest BCUT2D eigenvalue weighted by atomic mass is 19.1. The molecule has 0 saturated heterocycles. The minimum atomic E-state index is -0.397. The largest absolute Gasteiger partial charge is 0.334 e. The van der Waals surface area contributed by atoms with Crippen LogP contribution in [-0.4, -0.2) is 48.4 Å². The van der Waals surface area contributed by atoms with Gasteiger partial charge in [0, 0.05) is 31.6 Å². The smallest absolute Gasteiger partial charge is 0.224 e. The van der Waals surface area contributed by atoms with Gasteiger partial charge in [-0.2, -0.15) is 0 Å². The van der Waals surface area contributed by atoms with E-state index in [1.807, 2.05) is 31.1 Å². The minimum Gasteiger partial charge on any atom is -0.334 e. The maximum absolute atomic E-state index is 13.9. The van der Waals surface area contributed by atoms with Crippen LogP contribution in [0.3, 0.4) is 0 Å². The Kier molecular flexibility index (Phi) is 6.24. The van der Waals surface area contributed by atoms with E-state index in [-0.39, 0.29) is 24.2 Å². The number of hydrogen-bond acceptors (Lipinski definition) is 3. The lowest BCUT2D eigenvalue weighted by Gasteiger charge is -2.39. The predicted octanol–water partition coefficient (Wildman–Crippen LogP) is 2.60. The Morgan fingerprint density at radius 1 is 1.19 bits per heavy atom. The molecule has 1 aliphatic heterocycles. The topological polar surface area (TPSA) is 49.6 Å². The first-order valence-electron chi connectivity index (χ1n) is 9.44. The highest BCUT2D eigenvalue weighted by Gasteiger charge is 2.30. The standard InChI is InChI=1S/C22H28FN3O/c1-25(2)15-20-12-16-7-3-4-9-18(16)14-26(20)22(27)13-19(24)11-17-8-5-6-10-21(17)23/h3-10,19-20H,11-15,24H2,1-2H3. The number of halogens is 1. The third kappa shape index (κ3) is 4.93. The van der Waals surface area contributed by atoms with Crippen molar-refractivity contribution in [3.8, 4) is 0 Å². The summed E-state index contributed by atoms with van der Waals surface area (Å²) in [5.74, 6) is -0.224. The van der Waals surface area contributed by atoms with E-state index < -0.39 is 6.04 Å². The Hall–Kier alpha value is -2.24. The molecule has 0 bridgehead atoms. The number of nitrogens with zero attached hydrogens (tertiary/aromatic N) is 2. The number of likely N-dealkylation sites (N-methyl/N-ethyl adjacent to an activating group) is 1. The maximum atomic E-state index is 13.9. The lowest BCUT2D eigenvalue weighted by molar-refractivity contribution is -0.135. The van der Waals surface area contributed by atoms with E-state index in [1.54, 1.807) is 18.2 Å². The summed E-state index contributed by atoms with van der Waals surface area (Å²) in [7, 11) is 4.04. The molecule has 2 aromatic rings. The molecule has 5 heteroatoms. The summed E-state index contributed by atoms with van der Waals surface area (Å²) in [6.07, 6.45) is 1.43. The van der Waals surface area contributed by atoms with E-state index in [0.29, 0.717) is 18.5 Å². The molecule has 0 spiro atoms. The molecule has 0 saturated carbocycles. The molecule has 144 valence electrons. The average Bonchev–Trinajstić information content (AvgIpc) is 2.62. The van der Waals surface area contributed by atoms with Gasteiger partial charge in [-0.25, -0.2) is 4.39 Å². The van der Waals surface area contributed by atoms with Gasteiger partial charge < -0.3 is 15.5 Å². The zero-order valence-corrected chi connectivity index (χ0v) is 16.1. The fourth-order valence-corrected chi connectivity index (χ4v) is 3.82. The third-order valence-electron chi connectivity index (χ3n) is 5.13. The van der Waals surface area contributed by atoms with Crippen LogP contribution >= 0.6 is 0 Å². The van der Waals surface area contributed by atoms with Crippen LogP contribution in [0.15, 0.2) is 48.5 Å². The van der Waals surface area contributed by atoms with Crippen molar-refractivity contribution in [2.45, 2.75) is 37.9 Å². The molecule has 1 aliphatic rings. The van der Waals surface area contributed by atoms with Crippen LogP contribution < -0.4 is 5.73 Å². The average molecular weight is 369 g/mol. The maximum Gasteiger partial charge on any atom is 0.224 e. The Morgan fingerprint density at radius 3 is 2.56 bits per heavy atom. The van der Waals surface area contributed by atoms with Crippen LogP contribution in [0.5, 0.6) is 0 Å². The molecule has 0 aromatic heterocycles. The van der Waals surface area contributed by atoms with Gasteiger partial charge in [-0.1, -0.05) is 42.5 Å². The van der Waals surface area contributed by atoms with Crippen LogP contribution in [0.4, 0.5) is 4.39 Å². The molecule has 2 aromatic carbocycles. The van der Waals surface area contributed by atoms with Gasteiger partial charge in [0.1, 0.15) is 5.82 Å².